The van der Waals surface area contributed by atoms with Crippen LogP contribution in [0.15, 0.2) is 42.5 Å². The number of likely N-dealkylation sites (tertiary alicyclic amines) is 1. The van der Waals surface area contributed by atoms with E-state index < -0.39 is 0 Å². The van der Waals surface area contributed by atoms with Crippen LogP contribution < -0.4 is 0 Å². The molecule has 1 heterocycles. The summed E-state index contributed by atoms with van der Waals surface area (Å²) >= 11 is 0. The molecule has 2 aromatic carbocycles. The highest BCUT2D eigenvalue weighted by molar-refractivity contribution is 6.09. The van der Waals surface area contributed by atoms with Crippen LogP contribution in [0, 0.1) is 5.92 Å². The Morgan fingerprint density at radius 2 is 1.80 bits per heavy atom. The molecule has 0 spiro atoms. The number of ketones is 1. The molecular weight excluding hydrogens is 246 g/mol. The van der Waals surface area contributed by atoms with Gasteiger partial charge in [0.1, 0.15) is 0 Å². The van der Waals surface area contributed by atoms with Crippen LogP contribution in [0.1, 0.15) is 30.1 Å². The number of rotatable bonds is 4. The third-order valence-corrected chi connectivity index (χ3v) is 4.23. The van der Waals surface area contributed by atoms with E-state index in [1.807, 2.05) is 30.3 Å². The van der Waals surface area contributed by atoms with Gasteiger partial charge in [0.05, 0.1) is 0 Å². The zero-order valence-electron chi connectivity index (χ0n) is 12.0. The van der Waals surface area contributed by atoms with Crippen LogP contribution in [0.2, 0.25) is 0 Å². The third kappa shape index (κ3) is 2.61. The van der Waals surface area contributed by atoms with Gasteiger partial charge in [0.15, 0.2) is 5.78 Å². The van der Waals surface area contributed by atoms with E-state index in [1.54, 1.807) is 0 Å². The summed E-state index contributed by atoms with van der Waals surface area (Å²) in [5.74, 6) is 0.340. The van der Waals surface area contributed by atoms with Crippen molar-refractivity contribution in [3.05, 3.63) is 48.0 Å². The fourth-order valence-electron chi connectivity index (χ4n) is 3.14. The maximum Gasteiger partial charge on any atom is 0.167 e. The van der Waals surface area contributed by atoms with Crippen LogP contribution in [-0.4, -0.2) is 30.3 Å². The Hall–Kier alpha value is -1.67. The van der Waals surface area contributed by atoms with Gasteiger partial charge in [0.2, 0.25) is 0 Å². The SMILES string of the molecule is CC(CN1CCCC1)C(=O)c1cccc2ccccc12. The van der Waals surface area contributed by atoms with Gasteiger partial charge in [-0.05, 0) is 36.7 Å². The molecule has 0 radical (unpaired) electrons. The largest absolute Gasteiger partial charge is 0.303 e. The monoisotopic (exact) mass is 267 g/mol. The first-order chi connectivity index (χ1) is 9.75. The third-order valence-electron chi connectivity index (χ3n) is 4.23. The summed E-state index contributed by atoms with van der Waals surface area (Å²) in [6.07, 6.45) is 2.55. The summed E-state index contributed by atoms with van der Waals surface area (Å²) in [5.41, 5.74) is 0.870. The van der Waals surface area contributed by atoms with Gasteiger partial charge in [-0.25, -0.2) is 0 Å². The van der Waals surface area contributed by atoms with Crippen LogP contribution in [-0.2, 0) is 0 Å². The summed E-state index contributed by atoms with van der Waals surface area (Å²) in [7, 11) is 0. The maximum absolute atomic E-state index is 12.7. The number of Topliss-reactive ketones (excluding diaryl/α,β-unsaturated/α-hetero) is 1. The minimum absolute atomic E-state index is 0.0684. The van der Waals surface area contributed by atoms with E-state index in [0.29, 0.717) is 0 Å². The fourth-order valence-corrected chi connectivity index (χ4v) is 3.14. The van der Waals surface area contributed by atoms with Gasteiger partial charge in [0.25, 0.3) is 0 Å². The summed E-state index contributed by atoms with van der Waals surface area (Å²) < 4.78 is 0. The molecule has 20 heavy (non-hydrogen) atoms. The molecule has 1 aliphatic heterocycles. The van der Waals surface area contributed by atoms with Gasteiger partial charge in [-0.1, -0.05) is 49.4 Å². The summed E-state index contributed by atoms with van der Waals surface area (Å²) in [4.78, 5) is 15.1. The molecule has 1 saturated heterocycles. The van der Waals surface area contributed by atoms with Crippen molar-refractivity contribution in [3.63, 3.8) is 0 Å². The van der Waals surface area contributed by atoms with Crippen molar-refractivity contribution in [2.24, 2.45) is 5.92 Å². The van der Waals surface area contributed by atoms with Gasteiger partial charge in [-0.15, -0.1) is 0 Å². The van der Waals surface area contributed by atoms with Crippen LogP contribution in [0.4, 0.5) is 0 Å². The lowest BCUT2D eigenvalue weighted by Crippen LogP contribution is -2.29. The normalized spacial score (nSPS) is 17.4. The minimum atomic E-state index is 0.0684. The van der Waals surface area contributed by atoms with Crippen molar-refractivity contribution in [1.29, 1.82) is 0 Å². The molecule has 104 valence electrons. The number of hydrogen-bond acceptors (Lipinski definition) is 2. The van der Waals surface area contributed by atoms with Crippen molar-refractivity contribution in [2.45, 2.75) is 19.8 Å². The second-order valence-corrected chi connectivity index (χ2v) is 5.80. The van der Waals surface area contributed by atoms with E-state index in [1.165, 1.54) is 12.8 Å². The molecule has 1 atom stereocenters. The van der Waals surface area contributed by atoms with E-state index in [2.05, 4.69) is 24.0 Å². The molecule has 2 nitrogen and oxygen atoms in total. The second kappa shape index (κ2) is 5.76. The highest BCUT2D eigenvalue weighted by Gasteiger charge is 2.21. The predicted octanol–water partition coefficient (Wildman–Crippen LogP) is 3.75. The number of hydrogen-bond donors (Lipinski definition) is 0. The Bertz CT molecular complexity index is 608. The average Bonchev–Trinajstić information content (AvgIpc) is 2.99. The van der Waals surface area contributed by atoms with Gasteiger partial charge >= 0.3 is 0 Å². The molecule has 1 unspecified atom stereocenters. The highest BCUT2D eigenvalue weighted by atomic mass is 16.1. The highest BCUT2D eigenvalue weighted by Crippen LogP contribution is 2.22. The topological polar surface area (TPSA) is 20.3 Å². The number of fused-ring (bicyclic) bond motifs is 1. The molecule has 2 heteroatoms. The van der Waals surface area contributed by atoms with Crippen molar-refractivity contribution in [1.82, 2.24) is 4.90 Å². The molecule has 0 amide bonds. The average molecular weight is 267 g/mol. The second-order valence-electron chi connectivity index (χ2n) is 5.80. The first-order valence-corrected chi connectivity index (χ1v) is 7.50. The molecule has 0 aliphatic carbocycles. The van der Waals surface area contributed by atoms with Crippen molar-refractivity contribution >= 4 is 16.6 Å². The Morgan fingerprint density at radius 3 is 2.60 bits per heavy atom. The lowest BCUT2D eigenvalue weighted by Gasteiger charge is -2.19. The Balaban J connectivity index is 1.84. The first kappa shape index (κ1) is 13.3. The summed E-state index contributed by atoms with van der Waals surface area (Å²) in [6.45, 7) is 5.24. The van der Waals surface area contributed by atoms with Crippen molar-refractivity contribution in [2.75, 3.05) is 19.6 Å². The smallest absolute Gasteiger partial charge is 0.167 e. The van der Waals surface area contributed by atoms with Crippen molar-refractivity contribution < 1.29 is 4.79 Å². The number of benzene rings is 2. The minimum Gasteiger partial charge on any atom is -0.303 e. The molecule has 0 saturated carbocycles. The Morgan fingerprint density at radius 1 is 1.10 bits per heavy atom. The number of nitrogens with zero attached hydrogens (tertiary/aromatic N) is 1. The van der Waals surface area contributed by atoms with E-state index in [0.717, 1.165) is 36.0 Å². The maximum atomic E-state index is 12.7. The van der Waals surface area contributed by atoms with E-state index in [9.17, 15) is 4.79 Å². The number of carbonyl (C=O) groups is 1. The lowest BCUT2D eigenvalue weighted by molar-refractivity contribution is 0.0904. The van der Waals surface area contributed by atoms with Gasteiger partial charge in [-0.2, -0.15) is 0 Å². The quantitative estimate of drug-likeness (QED) is 0.786. The predicted molar refractivity (Wildman–Crippen MR) is 83.1 cm³/mol. The molecular formula is C18H21NO. The number of carbonyl (C=O) groups excluding carboxylic acids is 1. The van der Waals surface area contributed by atoms with E-state index >= 15 is 0 Å². The zero-order valence-corrected chi connectivity index (χ0v) is 12.0. The van der Waals surface area contributed by atoms with E-state index in [4.69, 9.17) is 0 Å². The summed E-state index contributed by atoms with van der Waals surface area (Å²) in [5, 5.41) is 2.22. The van der Waals surface area contributed by atoms with Crippen LogP contribution >= 0.6 is 0 Å². The lowest BCUT2D eigenvalue weighted by atomic mass is 9.94. The van der Waals surface area contributed by atoms with Crippen LogP contribution in [0.3, 0.4) is 0 Å². The summed E-state index contributed by atoms with van der Waals surface area (Å²) in [6, 6.07) is 14.2. The van der Waals surface area contributed by atoms with Crippen molar-refractivity contribution in [3.8, 4) is 0 Å². The fraction of sp³-hybridized carbons (Fsp3) is 0.389. The standard InChI is InChI=1S/C18H21NO/c1-14(13-19-11-4-5-12-19)18(20)17-10-6-8-15-7-2-3-9-16(15)17/h2-3,6-10,14H,4-5,11-13H2,1H3. The molecule has 0 aromatic heterocycles. The molecule has 2 aromatic rings. The zero-order chi connectivity index (χ0) is 13.9. The molecule has 3 rings (SSSR count). The molecule has 0 N–H and O–H groups in total. The first-order valence-electron chi connectivity index (χ1n) is 7.50. The van der Waals surface area contributed by atoms with Gasteiger partial charge in [0, 0.05) is 18.0 Å². The molecule has 0 bridgehead atoms. The Labute approximate surface area is 120 Å². The van der Waals surface area contributed by atoms with E-state index in [-0.39, 0.29) is 11.7 Å². The van der Waals surface area contributed by atoms with Crippen LogP contribution in [0.25, 0.3) is 10.8 Å². The van der Waals surface area contributed by atoms with Crippen LogP contribution in [0.5, 0.6) is 0 Å². The molecule has 1 aliphatic rings. The van der Waals surface area contributed by atoms with Gasteiger partial charge < -0.3 is 4.90 Å². The molecule has 1 fully saturated rings. The van der Waals surface area contributed by atoms with Gasteiger partial charge in [-0.3, -0.25) is 4.79 Å². The Kier molecular flexibility index (Phi) is 3.83.